The molecule has 1 saturated carbocycles. The van der Waals surface area contributed by atoms with Crippen molar-refractivity contribution in [2.45, 2.75) is 44.9 Å². The third kappa shape index (κ3) is 2.60. The molecule has 0 saturated heterocycles. The van der Waals surface area contributed by atoms with Gasteiger partial charge in [0.1, 0.15) is 5.82 Å². The van der Waals surface area contributed by atoms with E-state index in [9.17, 15) is 9.50 Å². The molecule has 0 heterocycles. The average Bonchev–Trinajstić information content (AvgIpc) is 3.05. The van der Waals surface area contributed by atoms with Crippen LogP contribution in [-0.4, -0.2) is 17.2 Å². The van der Waals surface area contributed by atoms with Crippen LogP contribution < -0.4 is 5.32 Å². The minimum atomic E-state index is -0.570. The number of halogens is 1. The highest BCUT2D eigenvalue weighted by atomic mass is 19.1. The maximum absolute atomic E-state index is 13.1. The van der Waals surface area contributed by atoms with Crippen molar-refractivity contribution < 1.29 is 9.50 Å². The Morgan fingerprint density at radius 3 is 2.69 bits per heavy atom. The highest BCUT2D eigenvalue weighted by Gasteiger charge is 2.26. The zero-order chi connectivity index (χ0) is 11.7. The van der Waals surface area contributed by atoms with E-state index in [0.29, 0.717) is 11.6 Å². The molecule has 2 N–H and O–H groups in total. The van der Waals surface area contributed by atoms with Crippen molar-refractivity contribution in [2.24, 2.45) is 0 Å². The van der Waals surface area contributed by atoms with Crippen LogP contribution in [0.2, 0.25) is 0 Å². The van der Waals surface area contributed by atoms with Crippen LogP contribution in [0.5, 0.6) is 0 Å². The van der Waals surface area contributed by atoms with Gasteiger partial charge in [-0.25, -0.2) is 4.39 Å². The van der Waals surface area contributed by atoms with Gasteiger partial charge in [-0.05, 0) is 43.9 Å². The van der Waals surface area contributed by atoms with Crippen molar-refractivity contribution in [3.8, 4) is 0 Å². The van der Waals surface area contributed by atoms with Gasteiger partial charge in [0.25, 0.3) is 0 Å². The van der Waals surface area contributed by atoms with Gasteiger partial charge in [0, 0.05) is 12.1 Å². The molecule has 2 atom stereocenters. The summed E-state index contributed by atoms with van der Waals surface area (Å²) in [6, 6.07) is 5.35. The van der Waals surface area contributed by atoms with Crippen LogP contribution in [-0.2, 0) is 0 Å². The highest BCUT2D eigenvalue weighted by molar-refractivity contribution is 5.26. The summed E-state index contributed by atoms with van der Waals surface area (Å²) in [6.07, 6.45) is 1.82. The van der Waals surface area contributed by atoms with Crippen LogP contribution in [0.1, 0.15) is 37.0 Å². The normalized spacial score (nSPS) is 19.5. The second kappa shape index (κ2) is 4.52. The Balaban J connectivity index is 2.06. The summed E-state index contributed by atoms with van der Waals surface area (Å²) in [5.74, 6) is -0.223. The second-order valence-electron chi connectivity index (χ2n) is 4.68. The van der Waals surface area contributed by atoms with Crippen molar-refractivity contribution in [3.63, 3.8) is 0 Å². The molecule has 0 radical (unpaired) electrons. The summed E-state index contributed by atoms with van der Waals surface area (Å²) in [5.41, 5.74) is 1.36. The number of hydrogen-bond donors (Lipinski definition) is 2. The van der Waals surface area contributed by atoms with E-state index in [1.165, 1.54) is 18.9 Å². The van der Waals surface area contributed by atoms with Gasteiger partial charge in [-0.2, -0.15) is 0 Å². The molecule has 1 aromatic carbocycles. The Morgan fingerprint density at radius 1 is 1.44 bits per heavy atom. The minimum absolute atomic E-state index is 0.0114. The average molecular weight is 223 g/mol. The molecule has 0 bridgehead atoms. The minimum Gasteiger partial charge on any atom is -0.387 e. The van der Waals surface area contributed by atoms with Gasteiger partial charge in [-0.3, -0.25) is 0 Å². The molecule has 88 valence electrons. The smallest absolute Gasteiger partial charge is 0.126 e. The summed E-state index contributed by atoms with van der Waals surface area (Å²) in [5, 5.41) is 13.4. The lowest BCUT2D eigenvalue weighted by atomic mass is 10.0. The van der Waals surface area contributed by atoms with Gasteiger partial charge in [0.15, 0.2) is 0 Å². The van der Waals surface area contributed by atoms with E-state index >= 15 is 0 Å². The maximum Gasteiger partial charge on any atom is 0.126 e. The van der Waals surface area contributed by atoms with E-state index in [1.54, 1.807) is 19.1 Å². The molecular formula is C13H18FNO. The lowest BCUT2D eigenvalue weighted by Crippen LogP contribution is -2.33. The monoisotopic (exact) mass is 223 g/mol. The fourth-order valence-electron chi connectivity index (χ4n) is 1.85. The first kappa shape index (κ1) is 11.6. The summed E-state index contributed by atoms with van der Waals surface area (Å²) < 4.78 is 13.1. The molecule has 0 spiro atoms. The number of aryl methyl sites for hydroxylation is 1. The Hall–Kier alpha value is -0.930. The number of aliphatic hydroxyl groups is 1. The number of benzene rings is 1. The quantitative estimate of drug-likeness (QED) is 0.821. The molecule has 0 amide bonds. The third-order valence-corrected chi connectivity index (χ3v) is 3.07. The summed E-state index contributed by atoms with van der Waals surface area (Å²) in [7, 11) is 0. The van der Waals surface area contributed by atoms with E-state index < -0.39 is 6.10 Å². The van der Waals surface area contributed by atoms with Crippen LogP contribution in [0.15, 0.2) is 18.2 Å². The fraction of sp³-hybridized carbons (Fsp3) is 0.538. The molecule has 1 aliphatic rings. The van der Waals surface area contributed by atoms with Gasteiger partial charge < -0.3 is 10.4 Å². The zero-order valence-corrected chi connectivity index (χ0v) is 9.70. The standard InChI is InChI=1S/C13H18FNO/c1-8-7-10(3-6-12(8)14)13(16)9(2)15-11-4-5-11/h3,6-7,9,11,13,15-16H,4-5H2,1-2H3. The summed E-state index contributed by atoms with van der Waals surface area (Å²) >= 11 is 0. The maximum atomic E-state index is 13.1. The third-order valence-electron chi connectivity index (χ3n) is 3.07. The molecule has 2 unspecified atom stereocenters. The molecule has 2 nitrogen and oxygen atoms in total. The molecule has 16 heavy (non-hydrogen) atoms. The predicted molar refractivity (Wildman–Crippen MR) is 61.7 cm³/mol. The predicted octanol–water partition coefficient (Wildman–Crippen LogP) is 2.31. The van der Waals surface area contributed by atoms with E-state index in [2.05, 4.69) is 5.32 Å². The molecular weight excluding hydrogens is 205 g/mol. The first-order valence-corrected chi connectivity index (χ1v) is 5.78. The largest absolute Gasteiger partial charge is 0.387 e. The van der Waals surface area contributed by atoms with Crippen LogP contribution in [0.25, 0.3) is 0 Å². The van der Waals surface area contributed by atoms with Gasteiger partial charge in [0.2, 0.25) is 0 Å². The van der Waals surface area contributed by atoms with Crippen molar-refractivity contribution in [3.05, 3.63) is 35.1 Å². The van der Waals surface area contributed by atoms with Gasteiger partial charge in [-0.15, -0.1) is 0 Å². The van der Waals surface area contributed by atoms with Crippen molar-refractivity contribution in [2.75, 3.05) is 0 Å². The lowest BCUT2D eigenvalue weighted by molar-refractivity contribution is 0.135. The highest BCUT2D eigenvalue weighted by Crippen LogP contribution is 2.24. The Kier molecular flexibility index (Phi) is 3.26. The number of nitrogens with one attached hydrogen (secondary N) is 1. The van der Waals surface area contributed by atoms with E-state index in [-0.39, 0.29) is 11.9 Å². The fourth-order valence-corrected chi connectivity index (χ4v) is 1.85. The summed E-state index contributed by atoms with van der Waals surface area (Å²) in [6.45, 7) is 3.67. The van der Waals surface area contributed by atoms with E-state index in [4.69, 9.17) is 0 Å². The van der Waals surface area contributed by atoms with E-state index in [0.717, 1.165) is 5.56 Å². The van der Waals surface area contributed by atoms with Gasteiger partial charge >= 0.3 is 0 Å². The Labute approximate surface area is 95.5 Å². The van der Waals surface area contributed by atoms with E-state index in [1.807, 2.05) is 6.92 Å². The number of aliphatic hydroxyl groups excluding tert-OH is 1. The first-order chi connectivity index (χ1) is 7.58. The van der Waals surface area contributed by atoms with Gasteiger partial charge in [-0.1, -0.05) is 12.1 Å². The van der Waals surface area contributed by atoms with Crippen LogP contribution in [0.3, 0.4) is 0 Å². The van der Waals surface area contributed by atoms with Crippen LogP contribution in [0, 0.1) is 12.7 Å². The zero-order valence-electron chi connectivity index (χ0n) is 9.70. The van der Waals surface area contributed by atoms with Crippen molar-refractivity contribution in [1.29, 1.82) is 0 Å². The summed E-state index contributed by atoms with van der Waals surface area (Å²) in [4.78, 5) is 0. The Bertz CT molecular complexity index is 376. The molecule has 0 aromatic heterocycles. The molecule has 0 aliphatic heterocycles. The first-order valence-electron chi connectivity index (χ1n) is 5.78. The SMILES string of the molecule is Cc1cc(C(O)C(C)NC2CC2)ccc1F. The topological polar surface area (TPSA) is 32.3 Å². The molecule has 1 fully saturated rings. The number of rotatable bonds is 4. The van der Waals surface area contributed by atoms with Crippen LogP contribution in [0.4, 0.5) is 4.39 Å². The molecule has 1 aliphatic carbocycles. The molecule has 2 rings (SSSR count). The van der Waals surface area contributed by atoms with Gasteiger partial charge in [0.05, 0.1) is 6.10 Å². The van der Waals surface area contributed by atoms with Crippen molar-refractivity contribution in [1.82, 2.24) is 5.32 Å². The number of hydrogen-bond acceptors (Lipinski definition) is 2. The second-order valence-corrected chi connectivity index (χ2v) is 4.68. The van der Waals surface area contributed by atoms with Crippen molar-refractivity contribution >= 4 is 0 Å². The van der Waals surface area contributed by atoms with Crippen LogP contribution >= 0.6 is 0 Å². The molecule has 3 heteroatoms. The molecule has 1 aromatic rings. The Morgan fingerprint density at radius 2 is 2.12 bits per heavy atom. The lowest BCUT2D eigenvalue weighted by Gasteiger charge is -2.21.